The van der Waals surface area contributed by atoms with E-state index in [4.69, 9.17) is 87.5 Å². The van der Waals surface area contributed by atoms with Crippen molar-refractivity contribution in [2.75, 3.05) is 20.1 Å². The van der Waals surface area contributed by atoms with E-state index in [0.717, 1.165) is 107 Å². The second-order valence-corrected chi connectivity index (χ2v) is 37.6. The first-order chi connectivity index (χ1) is 57.9. The molecule has 1 aliphatic carbocycles. The molecule has 23 heteroatoms. The number of nitrogens with one attached hydrogen (secondary N) is 4. The number of rotatable bonds is 34. The molecular formula is C100H137Cl5IN9O8. The van der Waals surface area contributed by atoms with Crippen molar-refractivity contribution in [2.45, 2.75) is 249 Å². The lowest BCUT2D eigenvalue weighted by Gasteiger charge is -2.31. The van der Waals surface area contributed by atoms with E-state index in [1.165, 1.54) is 9.13 Å². The number of nitrogens with two attached hydrogens (primary N) is 4. The van der Waals surface area contributed by atoms with E-state index in [1.54, 1.807) is 31.2 Å². The molecule has 0 spiro atoms. The van der Waals surface area contributed by atoms with Gasteiger partial charge in [-0.15, -0.1) is 0 Å². The third-order valence-electron chi connectivity index (χ3n) is 21.3. The number of hydrogen-bond acceptors (Lipinski definition) is 16. The van der Waals surface area contributed by atoms with Gasteiger partial charge in [0.25, 0.3) is 0 Å². The quantitative estimate of drug-likeness (QED) is 0.0137. The summed E-state index contributed by atoms with van der Waals surface area (Å²) in [7, 11) is 1.82. The van der Waals surface area contributed by atoms with Gasteiger partial charge in [0.2, 0.25) is 0 Å². The van der Waals surface area contributed by atoms with Crippen LogP contribution < -0.4 is 44.2 Å². The van der Waals surface area contributed by atoms with Gasteiger partial charge in [-0.05, 0) is 240 Å². The second kappa shape index (κ2) is 58.6. The molecule has 9 rings (SSSR count). The summed E-state index contributed by atoms with van der Waals surface area (Å²) in [6, 6.07) is 50.6. The van der Waals surface area contributed by atoms with E-state index in [2.05, 4.69) is 48.7 Å². The maximum atomic E-state index is 12.6. The molecule has 7 aromatic rings. The minimum atomic E-state index is -0.475. The summed E-state index contributed by atoms with van der Waals surface area (Å²) in [5, 5.41) is 16.7. The molecule has 123 heavy (non-hydrogen) atoms. The van der Waals surface area contributed by atoms with E-state index >= 15 is 0 Å². The van der Waals surface area contributed by atoms with Crippen molar-refractivity contribution < 1.29 is 38.4 Å². The van der Waals surface area contributed by atoms with Crippen LogP contribution in [0.1, 0.15) is 187 Å². The summed E-state index contributed by atoms with van der Waals surface area (Å²) in [4.78, 5) is 98.2. The minimum Gasteiger partial charge on any atom is -0.321 e. The number of benzene rings is 7. The van der Waals surface area contributed by atoms with Crippen molar-refractivity contribution in [1.29, 1.82) is 0 Å². The Morgan fingerprint density at radius 1 is 0.382 bits per heavy atom. The van der Waals surface area contributed by atoms with Gasteiger partial charge in [-0.1, -0.05) is 264 Å². The minimum absolute atomic E-state index is 0.00311. The van der Waals surface area contributed by atoms with Crippen LogP contribution in [0.15, 0.2) is 164 Å². The molecule has 0 radical (unpaired) electrons. The molecule has 0 amide bonds. The van der Waals surface area contributed by atoms with Crippen LogP contribution in [-0.2, 0) is 83.3 Å². The Bertz CT molecular complexity index is 4310. The first-order valence-electron chi connectivity index (χ1n) is 43.1. The maximum absolute atomic E-state index is 12.6. The molecule has 1 saturated heterocycles. The average molecular weight is 1900 g/mol. The Hall–Kier alpha value is -6.75. The second-order valence-electron chi connectivity index (χ2n) is 34.2. The zero-order chi connectivity index (χ0) is 92.3. The van der Waals surface area contributed by atoms with Gasteiger partial charge in [0.1, 0.15) is 5.78 Å². The molecule has 2 fully saturated rings. The van der Waals surface area contributed by atoms with Crippen LogP contribution in [-0.4, -0.2) is 121 Å². The lowest BCUT2D eigenvalue weighted by Crippen LogP contribution is -2.49. The summed E-state index contributed by atoms with van der Waals surface area (Å²) in [5.74, 6) is 1.78. The van der Waals surface area contributed by atoms with Gasteiger partial charge in [0.15, 0.2) is 46.2 Å². The summed E-state index contributed by atoms with van der Waals surface area (Å²) < 4.78 is 1.19. The number of ketones is 8. The molecule has 12 N–H and O–H groups in total. The Kier molecular flexibility index (Phi) is 52.6. The summed E-state index contributed by atoms with van der Waals surface area (Å²) >= 11 is 31.6. The molecule has 7 aromatic carbocycles. The van der Waals surface area contributed by atoms with E-state index in [-0.39, 0.29) is 112 Å². The van der Waals surface area contributed by atoms with Crippen molar-refractivity contribution in [3.63, 3.8) is 0 Å². The summed E-state index contributed by atoms with van der Waals surface area (Å²) in [6.45, 7) is 39.2. The normalized spacial score (nSPS) is 15.5. The number of hydrogen-bond donors (Lipinski definition) is 8. The number of halogens is 6. The van der Waals surface area contributed by atoms with Crippen LogP contribution in [0.5, 0.6) is 0 Å². The SMILES string of the molecule is CC(=O)C1CCC(N[C@H](Cc2ccc(Cl)cc2)C(=O)C(C)C)CC1.CC(C)C(=O)[C@@H](Cc1ccc(Cl)cc1)NC1CCNCC1.CC(C)C(=O)[C@H](N)Cc1ccc(Cl)c(Cl)c1.CC(C)C(=O)[C@H](N)Cc1ccc(I)cc1.CN[C@H](Cc1ccc(Cl)cc1)C(=O)C(C)C.Cc1ccc(C[C@@H](N)C(=O)C(C)C)cc1.[C-]#[N+]c1ccc(C[C@@H](N)C(=O)C(C)C)cc1. The fraction of sp³-hybridized carbons (Fsp3) is 0.490. The molecule has 1 saturated carbocycles. The molecule has 0 bridgehead atoms. The molecule has 2 aliphatic rings. The summed E-state index contributed by atoms with van der Waals surface area (Å²) in [5.41, 5.74) is 32.7. The molecule has 1 heterocycles. The highest BCUT2D eigenvalue weighted by Gasteiger charge is 2.31. The molecule has 17 nitrogen and oxygen atoms in total. The molecule has 0 aromatic heterocycles. The van der Waals surface area contributed by atoms with Crippen LogP contribution in [0.4, 0.5) is 5.69 Å². The van der Waals surface area contributed by atoms with Crippen molar-refractivity contribution in [3.8, 4) is 0 Å². The number of aryl methyl sites for hydroxylation is 1. The first kappa shape index (κ1) is 110. The van der Waals surface area contributed by atoms with Gasteiger partial charge in [-0.25, -0.2) is 4.85 Å². The van der Waals surface area contributed by atoms with Crippen LogP contribution in [0.25, 0.3) is 4.85 Å². The molecular weight excluding hydrogens is 1760 g/mol. The van der Waals surface area contributed by atoms with Crippen molar-refractivity contribution in [2.24, 2.45) is 70.3 Å². The number of piperidine rings is 1. The van der Waals surface area contributed by atoms with E-state index in [1.807, 2.05) is 250 Å². The maximum Gasteiger partial charge on any atom is 0.187 e. The van der Waals surface area contributed by atoms with Crippen molar-refractivity contribution in [3.05, 3.63) is 248 Å². The Labute approximate surface area is 773 Å². The third kappa shape index (κ3) is 43.5. The Morgan fingerprint density at radius 2 is 0.659 bits per heavy atom. The van der Waals surface area contributed by atoms with E-state index in [0.29, 0.717) is 82.9 Å². The van der Waals surface area contributed by atoms with Gasteiger partial charge in [0, 0.05) is 78.1 Å². The van der Waals surface area contributed by atoms with Crippen LogP contribution in [0.3, 0.4) is 0 Å². The predicted molar refractivity (Wildman–Crippen MR) is 520 cm³/mol. The molecule has 672 valence electrons. The van der Waals surface area contributed by atoms with Crippen LogP contribution in [0.2, 0.25) is 25.1 Å². The average Bonchev–Trinajstić information content (AvgIpc) is 0.862. The highest BCUT2D eigenvalue weighted by Crippen LogP contribution is 2.28. The molecule has 7 atom stereocenters. The Morgan fingerprint density at radius 3 is 0.967 bits per heavy atom. The fourth-order valence-corrected chi connectivity index (χ4v) is 14.7. The standard InChI is InChI=1S/C20H28ClNO2.C17H25ClN2O.C13H18ClNO.C13H16N2O.C13H19NO.C12H15Cl2NO.C12H16INO/c1-13(2)20(24)19(12-15-4-8-17(21)9-5-15)22-18-10-6-16(7-11-18)14(3)23;1-12(2)17(21)16(20-15-7-9-19-10-8-15)11-13-3-5-14(18)6-4-13;1-9(2)13(16)12(15-3)8-10-4-6-11(14)7-5-10;1-9(2)13(16)12(14)8-10-4-6-11(15-3)7-5-10;1-9(2)13(15)12(14)8-11-6-4-10(3)5-7-11;1-7(2)12(16)11(15)6-8-3-4-9(13)10(14)5-8;1-8(2)12(15)11(14)7-9-3-5-10(13)6-4-9/h4-5,8-9,13,16,18-19,22H,6-7,10-12H2,1-3H3;3-6,12,15-16,19-20H,7-11H2,1-2H3;4-7,9,12,15H,8H2,1-3H3;4-7,9,12H,8,14H2,1-2H3;4-7,9,12H,8,14H2,1-3H3;3-5,7,11H,6,15H2,1-2H3;3-6,8,11H,7,14H2,1-2H3/t16?,18?,19-;16-;3*12-;2*11-/m1111111/s1. The predicted octanol–water partition coefficient (Wildman–Crippen LogP) is 19.6. The number of carbonyl (C=O) groups excluding carboxylic acids is 8. The van der Waals surface area contributed by atoms with Crippen LogP contribution in [0, 0.1) is 64.4 Å². The van der Waals surface area contributed by atoms with Gasteiger partial charge in [-0.3, -0.25) is 38.4 Å². The number of Topliss-reactive ketones (excluding diaryl/α,β-unsaturated/α-hetero) is 8. The number of carbonyl (C=O) groups is 8. The van der Waals surface area contributed by atoms with E-state index < -0.39 is 12.1 Å². The third-order valence-corrected chi connectivity index (χ3v) is 23.5. The van der Waals surface area contributed by atoms with Gasteiger partial charge in [0.05, 0.1) is 58.9 Å². The van der Waals surface area contributed by atoms with E-state index in [9.17, 15) is 38.4 Å². The zero-order valence-corrected chi connectivity index (χ0v) is 81.2. The van der Waals surface area contributed by atoms with Gasteiger partial charge < -0.3 is 44.2 Å². The highest BCUT2D eigenvalue weighted by atomic mass is 127. The van der Waals surface area contributed by atoms with Crippen molar-refractivity contribution >= 4 is 133 Å². The smallest absolute Gasteiger partial charge is 0.187 e. The topological polar surface area (TPSA) is 293 Å². The molecule has 1 aliphatic heterocycles. The van der Waals surface area contributed by atoms with Gasteiger partial charge >= 0.3 is 0 Å². The molecule has 0 unspecified atom stereocenters. The van der Waals surface area contributed by atoms with Crippen molar-refractivity contribution in [1.82, 2.24) is 21.3 Å². The zero-order valence-electron chi connectivity index (χ0n) is 75.3. The monoisotopic (exact) mass is 1890 g/mol. The summed E-state index contributed by atoms with van der Waals surface area (Å²) in [6.07, 6.45) is 10.4. The lowest BCUT2D eigenvalue weighted by atomic mass is 9.83. The number of likely N-dealkylation sites (N-methyl/N-ethyl adjacent to an activating group) is 1. The van der Waals surface area contributed by atoms with Crippen LogP contribution >= 0.6 is 80.6 Å². The first-order valence-corrected chi connectivity index (χ1v) is 46.0. The largest absolute Gasteiger partial charge is 0.321 e. The lowest BCUT2D eigenvalue weighted by molar-refractivity contribution is -0.125. The Balaban J connectivity index is 0.000000373. The fourth-order valence-electron chi connectivity index (χ4n) is 13.7. The highest BCUT2D eigenvalue weighted by molar-refractivity contribution is 14.1. The number of nitrogens with zero attached hydrogens (tertiary/aromatic N) is 1. The van der Waals surface area contributed by atoms with Gasteiger partial charge in [-0.2, -0.15) is 0 Å².